The van der Waals surface area contributed by atoms with Crippen LogP contribution in [-0.4, -0.2) is 25.3 Å². The highest BCUT2D eigenvalue weighted by Gasteiger charge is 2.28. The van der Waals surface area contributed by atoms with Gasteiger partial charge in [0.05, 0.1) is 6.10 Å². The Kier molecular flexibility index (Phi) is 1.91. The third-order valence-corrected chi connectivity index (χ3v) is 2.51. The normalized spacial score (nSPS) is 40.8. The molecule has 1 saturated heterocycles. The van der Waals surface area contributed by atoms with Crippen molar-refractivity contribution in [2.45, 2.75) is 37.8 Å². The van der Waals surface area contributed by atoms with Crippen LogP contribution in [0.4, 0.5) is 0 Å². The Morgan fingerprint density at radius 1 is 1.20 bits per heavy atom. The second-order valence-corrected chi connectivity index (χ2v) is 3.25. The summed E-state index contributed by atoms with van der Waals surface area (Å²) in [5.41, 5.74) is 0. The van der Waals surface area contributed by atoms with Crippen LogP contribution in [0.3, 0.4) is 0 Å². The third kappa shape index (κ3) is 1.18. The Hall–Kier alpha value is -0.0800. The van der Waals surface area contributed by atoms with Gasteiger partial charge in [0.15, 0.2) is 0 Å². The highest BCUT2D eigenvalue weighted by atomic mass is 16.5. The maximum Gasteiger partial charge on any atom is 0.0728 e. The van der Waals surface area contributed by atoms with Crippen LogP contribution in [-0.2, 0) is 4.74 Å². The van der Waals surface area contributed by atoms with Crippen molar-refractivity contribution in [1.82, 2.24) is 5.32 Å². The van der Waals surface area contributed by atoms with Crippen molar-refractivity contribution in [2.24, 2.45) is 0 Å². The minimum atomic E-state index is 0.544. The smallest absolute Gasteiger partial charge is 0.0728 e. The molecule has 1 heterocycles. The van der Waals surface area contributed by atoms with E-state index in [0.29, 0.717) is 12.1 Å². The number of hydrogen-bond donors (Lipinski definition) is 1. The molecule has 0 bridgehead atoms. The van der Waals surface area contributed by atoms with Gasteiger partial charge in [-0.2, -0.15) is 0 Å². The first-order chi connectivity index (χ1) is 4.97. The van der Waals surface area contributed by atoms with E-state index >= 15 is 0 Å². The number of nitrogens with one attached hydrogen (secondary N) is 1. The molecule has 0 unspecified atom stereocenters. The molecule has 2 rings (SSSR count). The zero-order valence-corrected chi connectivity index (χ0v) is 6.31. The lowest BCUT2D eigenvalue weighted by Crippen LogP contribution is -2.34. The Labute approximate surface area is 61.9 Å². The molecule has 0 amide bonds. The predicted octanol–water partition coefficient (Wildman–Crippen LogP) is 0.917. The molecule has 0 aromatic rings. The number of ether oxygens (including phenoxy) is 1. The molecule has 1 aliphatic carbocycles. The predicted molar refractivity (Wildman–Crippen MR) is 40.0 cm³/mol. The van der Waals surface area contributed by atoms with Gasteiger partial charge in [-0.25, -0.2) is 0 Å². The SMILES string of the molecule is C1CN[C@H]2CCC[C@@H]2OC1. The lowest BCUT2D eigenvalue weighted by molar-refractivity contribution is 0.0562. The average molecular weight is 141 g/mol. The Balaban J connectivity index is 1.95. The summed E-state index contributed by atoms with van der Waals surface area (Å²) in [5.74, 6) is 0. The van der Waals surface area contributed by atoms with Crippen LogP contribution in [0.1, 0.15) is 25.7 Å². The summed E-state index contributed by atoms with van der Waals surface area (Å²) < 4.78 is 5.66. The molecule has 2 fully saturated rings. The van der Waals surface area contributed by atoms with E-state index in [1.807, 2.05) is 0 Å². The zero-order valence-electron chi connectivity index (χ0n) is 6.31. The van der Waals surface area contributed by atoms with Crippen LogP contribution in [0, 0.1) is 0 Å². The largest absolute Gasteiger partial charge is 0.377 e. The summed E-state index contributed by atoms with van der Waals surface area (Å²) in [6.07, 6.45) is 5.68. The van der Waals surface area contributed by atoms with E-state index in [-0.39, 0.29) is 0 Å². The van der Waals surface area contributed by atoms with Gasteiger partial charge in [0.25, 0.3) is 0 Å². The minimum Gasteiger partial charge on any atom is -0.377 e. The van der Waals surface area contributed by atoms with E-state index < -0.39 is 0 Å². The van der Waals surface area contributed by atoms with E-state index in [9.17, 15) is 0 Å². The van der Waals surface area contributed by atoms with Crippen LogP contribution < -0.4 is 5.32 Å². The molecule has 2 atom stereocenters. The fraction of sp³-hybridized carbons (Fsp3) is 1.00. The van der Waals surface area contributed by atoms with Crippen LogP contribution in [0.2, 0.25) is 0 Å². The monoisotopic (exact) mass is 141 g/mol. The van der Waals surface area contributed by atoms with Gasteiger partial charge in [-0.15, -0.1) is 0 Å². The molecule has 0 spiro atoms. The van der Waals surface area contributed by atoms with E-state index in [4.69, 9.17) is 4.74 Å². The maximum absolute atomic E-state index is 5.66. The van der Waals surface area contributed by atoms with E-state index in [0.717, 1.165) is 13.2 Å². The maximum atomic E-state index is 5.66. The van der Waals surface area contributed by atoms with Gasteiger partial charge >= 0.3 is 0 Å². The second-order valence-electron chi connectivity index (χ2n) is 3.25. The summed E-state index contributed by atoms with van der Waals surface area (Å²) in [4.78, 5) is 0. The van der Waals surface area contributed by atoms with Gasteiger partial charge in [0, 0.05) is 12.6 Å². The molecular formula is C8H15NO. The Bertz CT molecular complexity index is 104. The molecule has 2 heteroatoms. The number of rotatable bonds is 0. The zero-order chi connectivity index (χ0) is 6.81. The molecule has 10 heavy (non-hydrogen) atoms. The van der Waals surface area contributed by atoms with Gasteiger partial charge in [-0.3, -0.25) is 0 Å². The van der Waals surface area contributed by atoms with Crippen molar-refractivity contribution in [1.29, 1.82) is 0 Å². The molecule has 1 N–H and O–H groups in total. The molecular weight excluding hydrogens is 126 g/mol. The molecule has 2 nitrogen and oxygen atoms in total. The lowest BCUT2D eigenvalue weighted by Gasteiger charge is -2.16. The number of fused-ring (bicyclic) bond motifs is 1. The van der Waals surface area contributed by atoms with E-state index in [1.54, 1.807) is 0 Å². The first-order valence-corrected chi connectivity index (χ1v) is 4.32. The quantitative estimate of drug-likeness (QED) is 0.541. The third-order valence-electron chi connectivity index (χ3n) is 2.51. The van der Waals surface area contributed by atoms with Crippen molar-refractivity contribution in [3.8, 4) is 0 Å². The van der Waals surface area contributed by atoms with Gasteiger partial charge in [-0.05, 0) is 32.2 Å². The molecule has 2 aliphatic rings. The summed E-state index contributed by atoms with van der Waals surface area (Å²) in [6.45, 7) is 2.12. The van der Waals surface area contributed by atoms with Crippen molar-refractivity contribution in [3.63, 3.8) is 0 Å². The summed E-state index contributed by atoms with van der Waals surface area (Å²) in [6, 6.07) is 0.683. The highest BCUT2D eigenvalue weighted by molar-refractivity contribution is 4.85. The molecule has 0 aromatic heterocycles. The van der Waals surface area contributed by atoms with Crippen LogP contribution in [0.15, 0.2) is 0 Å². The molecule has 0 radical (unpaired) electrons. The molecule has 1 saturated carbocycles. The highest BCUT2D eigenvalue weighted by Crippen LogP contribution is 2.23. The summed E-state index contributed by atoms with van der Waals surface area (Å²) in [5, 5.41) is 3.52. The van der Waals surface area contributed by atoms with Crippen molar-refractivity contribution >= 4 is 0 Å². The van der Waals surface area contributed by atoms with Gasteiger partial charge in [0.1, 0.15) is 0 Å². The fourth-order valence-corrected chi connectivity index (χ4v) is 1.95. The summed E-state index contributed by atoms with van der Waals surface area (Å²) in [7, 11) is 0. The molecule has 58 valence electrons. The van der Waals surface area contributed by atoms with E-state index in [2.05, 4.69) is 5.32 Å². The molecule has 0 aromatic carbocycles. The van der Waals surface area contributed by atoms with Crippen LogP contribution in [0.25, 0.3) is 0 Å². The lowest BCUT2D eigenvalue weighted by atomic mass is 10.2. The van der Waals surface area contributed by atoms with Crippen molar-refractivity contribution < 1.29 is 4.74 Å². The standard InChI is InChI=1S/C8H15NO/c1-3-7-8(4-1)10-6-2-5-9-7/h7-9H,1-6H2/t7-,8-/m0/s1. The fourth-order valence-electron chi connectivity index (χ4n) is 1.95. The van der Waals surface area contributed by atoms with Gasteiger partial charge in [0.2, 0.25) is 0 Å². The average Bonchev–Trinajstić information content (AvgIpc) is 2.28. The molecule has 1 aliphatic heterocycles. The van der Waals surface area contributed by atoms with Crippen LogP contribution >= 0.6 is 0 Å². The van der Waals surface area contributed by atoms with Crippen LogP contribution in [0.5, 0.6) is 0 Å². The first kappa shape index (κ1) is 6.62. The summed E-state index contributed by atoms with van der Waals surface area (Å²) >= 11 is 0. The van der Waals surface area contributed by atoms with Gasteiger partial charge < -0.3 is 10.1 Å². The van der Waals surface area contributed by atoms with Crippen molar-refractivity contribution in [2.75, 3.05) is 13.2 Å². The van der Waals surface area contributed by atoms with Gasteiger partial charge in [-0.1, -0.05) is 0 Å². The Morgan fingerprint density at radius 2 is 2.20 bits per heavy atom. The minimum absolute atomic E-state index is 0.544. The van der Waals surface area contributed by atoms with E-state index in [1.165, 1.54) is 25.7 Å². The first-order valence-electron chi connectivity index (χ1n) is 4.32. The number of hydrogen-bond acceptors (Lipinski definition) is 2. The van der Waals surface area contributed by atoms with Crippen molar-refractivity contribution in [3.05, 3.63) is 0 Å². The topological polar surface area (TPSA) is 21.3 Å². The Morgan fingerprint density at radius 3 is 3.20 bits per heavy atom. The second kappa shape index (κ2) is 2.89.